The molecule has 0 saturated heterocycles. The van der Waals surface area contributed by atoms with Crippen molar-refractivity contribution >= 4 is 27.9 Å². The van der Waals surface area contributed by atoms with Crippen LogP contribution in [0.1, 0.15) is 17.3 Å². The zero-order valence-electron chi connectivity index (χ0n) is 14.2. The van der Waals surface area contributed by atoms with Gasteiger partial charge in [-0.1, -0.05) is 30.3 Å². The third kappa shape index (κ3) is 3.07. The Labute approximate surface area is 154 Å². The van der Waals surface area contributed by atoms with Crippen LogP contribution in [-0.2, 0) is 0 Å². The summed E-state index contributed by atoms with van der Waals surface area (Å²) in [6, 6.07) is 14.9. The van der Waals surface area contributed by atoms with Crippen LogP contribution in [0.25, 0.3) is 16.2 Å². The van der Waals surface area contributed by atoms with Crippen molar-refractivity contribution in [1.82, 2.24) is 9.38 Å². The van der Waals surface area contributed by atoms with Crippen molar-refractivity contribution in [2.75, 3.05) is 11.9 Å². The molecule has 130 valence electrons. The second kappa shape index (κ2) is 7.01. The van der Waals surface area contributed by atoms with E-state index in [1.54, 1.807) is 23.5 Å². The van der Waals surface area contributed by atoms with Gasteiger partial charge < -0.3 is 10.1 Å². The minimum absolute atomic E-state index is 0.206. The van der Waals surface area contributed by atoms with Gasteiger partial charge in [0.05, 0.1) is 23.6 Å². The number of thiazole rings is 1. The molecule has 0 spiro atoms. The molecule has 0 radical (unpaired) electrons. The van der Waals surface area contributed by atoms with Gasteiger partial charge >= 0.3 is 0 Å². The van der Waals surface area contributed by atoms with Crippen LogP contribution in [0.15, 0.2) is 66.3 Å². The fraction of sp³-hybridized carbons (Fsp3) is 0.100. The first-order chi connectivity index (χ1) is 12.8. The average Bonchev–Trinajstić information content (AvgIpc) is 3.25. The number of nitrogens with one attached hydrogen (secondary N) is 1. The summed E-state index contributed by atoms with van der Waals surface area (Å²) in [7, 11) is 0. The van der Waals surface area contributed by atoms with Crippen LogP contribution in [0.3, 0.4) is 0 Å². The topological polar surface area (TPSA) is 55.6 Å². The number of aromatic nitrogens is 2. The third-order valence-electron chi connectivity index (χ3n) is 3.98. The van der Waals surface area contributed by atoms with E-state index in [0.29, 0.717) is 17.9 Å². The molecule has 1 amide bonds. The maximum absolute atomic E-state index is 12.8. The van der Waals surface area contributed by atoms with Crippen molar-refractivity contribution < 1.29 is 9.53 Å². The van der Waals surface area contributed by atoms with Gasteiger partial charge in [0.15, 0.2) is 4.96 Å². The molecule has 4 rings (SSSR count). The molecule has 0 aliphatic heterocycles. The van der Waals surface area contributed by atoms with Gasteiger partial charge in [0.1, 0.15) is 5.75 Å². The second-order valence-electron chi connectivity index (χ2n) is 5.65. The fourth-order valence-corrected chi connectivity index (χ4v) is 3.50. The molecular formula is C20H17N3O2S. The Kier molecular flexibility index (Phi) is 4.41. The van der Waals surface area contributed by atoms with Crippen LogP contribution in [0, 0.1) is 0 Å². The van der Waals surface area contributed by atoms with Crippen LogP contribution in [0.5, 0.6) is 5.75 Å². The minimum atomic E-state index is -0.206. The molecule has 0 atom stereocenters. The predicted octanol–water partition coefficient (Wildman–Crippen LogP) is 4.71. The van der Waals surface area contributed by atoms with Crippen LogP contribution < -0.4 is 10.1 Å². The van der Waals surface area contributed by atoms with Crippen LogP contribution >= 0.6 is 11.3 Å². The van der Waals surface area contributed by atoms with Gasteiger partial charge in [0.25, 0.3) is 5.91 Å². The highest BCUT2D eigenvalue weighted by atomic mass is 32.1. The predicted molar refractivity (Wildman–Crippen MR) is 104 cm³/mol. The van der Waals surface area contributed by atoms with E-state index in [4.69, 9.17) is 4.74 Å². The molecule has 0 fully saturated rings. The Bertz CT molecular complexity index is 1040. The van der Waals surface area contributed by atoms with Gasteiger partial charge in [0, 0.05) is 23.3 Å². The summed E-state index contributed by atoms with van der Waals surface area (Å²) < 4.78 is 7.54. The van der Waals surface area contributed by atoms with E-state index >= 15 is 0 Å². The van der Waals surface area contributed by atoms with Crippen LogP contribution in [-0.4, -0.2) is 21.9 Å². The zero-order chi connectivity index (χ0) is 17.9. The number of ether oxygens (including phenoxy) is 1. The van der Waals surface area contributed by atoms with Gasteiger partial charge in [-0.2, -0.15) is 0 Å². The summed E-state index contributed by atoms with van der Waals surface area (Å²) in [6.45, 7) is 2.40. The summed E-state index contributed by atoms with van der Waals surface area (Å²) in [5, 5.41) is 4.99. The Hall–Kier alpha value is -3.12. The number of nitrogens with zero attached hydrogens (tertiary/aromatic N) is 2. The highest BCUT2D eigenvalue weighted by Gasteiger charge is 2.15. The van der Waals surface area contributed by atoms with Crippen molar-refractivity contribution in [2.45, 2.75) is 6.92 Å². The molecule has 6 heteroatoms. The molecule has 0 saturated carbocycles. The van der Waals surface area contributed by atoms with Crippen molar-refractivity contribution in [3.8, 4) is 17.0 Å². The number of carbonyl (C=O) groups is 1. The van der Waals surface area contributed by atoms with Crippen molar-refractivity contribution in [3.63, 3.8) is 0 Å². The van der Waals surface area contributed by atoms with E-state index in [1.165, 1.54) is 0 Å². The first kappa shape index (κ1) is 16.4. The minimum Gasteiger partial charge on any atom is -0.493 e. The van der Waals surface area contributed by atoms with Crippen molar-refractivity contribution in [2.24, 2.45) is 0 Å². The number of hydrogen-bond donors (Lipinski definition) is 1. The molecule has 1 N–H and O–H groups in total. The summed E-state index contributed by atoms with van der Waals surface area (Å²) in [5.74, 6) is 0.370. The molecular weight excluding hydrogens is 346 g/mol. The SMILES string of the molecule is CCOc1ccccc1C(=O)Nc1ccccc1-c1cn2ccsc2n1. The summed E-state index contributed by atoms with van der Waals surface area (Å²) in [6.07, 6.45) is 3.93. The van der Waals surface area contributed by atoms with E-state index in [2.05, 4.69) is 10.3 Å². The van der Waals surface area contributed by atoms with Gasteiger partial charge in [-0.3, -0.25) is 9.20 Å². The molecule has 0 bridgehead atoms. The largest absolute Gasteiger partial charge is 0.493 e. The van der Waals surface area contributed by atoms with Gasteiger partial charge in [-0.15, -0.1) is 11.3 Å². The smallest absolute Gasteiger partial charge is 0.259 e. The monoisotopic (exact) mass is 363 g/mol. The fourth-order valence-electron chi connectivity index (χ4n) is 2.80. The number of rotatable bonds is 5. The van der Waals surface area contributed by atoms with Gasteiger partial charge in [-0.25, -0.2) is 4.98 Å². The summed E-state index contributed by atoms with van der Waals surface area (Å²) in [4.78, 5) is 18.4. The Balaban J connectivity index is 1.67. The maximum Gasteiger partial charge on any atom is 0.259 e. The number of para-hydroxylation sites is 2. The maximum atomic E-state index is 12.8. The van der Waals surface area contributed by atoms with Crippen molar-refractivity contribution in [1.29, 1.82) is 0 Å². The highest BCUT2D eigenvalue weighted by Crippen LogP contribution is 2.29. The van der Waals surface area contributed by atoms with Crippen LogP contribution in [0.4, 0.5) is 5.69 Å². The lowest BCUT2D eigenvalue weighted by Crippen LogP contribution is -2.14. The molecule has 2 aromatic heterocycles. The molecule has 4 aromatic rings. The van der Waals surface area contributed by atoms with E-state index < -0.39 is 0 Å². The first-order valence-electron chi connectivity index (χ1n) is 8.31. The van der Waals surface area contributed by atoms with E-state index in [-0.39, 0.29) is 5.91 Å². The number of carbonyl (C=O) groups excluding carboxylic acids is 1. The Morgan fingerprint density at radius 2 is 2.00 bits per heavy atom. The molecule has 0 aliphatic carbocycles. The quantitative estimate of drug-likeness (QED) is 0.558. The standard InChI is InChI=1S/C20H17N3O2S/c1-2-25-18-10-6-4-8-15(18)19(24)21-16-9-5-3-7-14(16)17-13-23-11-12-26-20(23)22-17/h3-13H,2H2,1H3,(H,21,24). The number of amides is 1. The van der Waals surface area contributed by atoms with E-state index in [1.807, 2.05) is 65.5 Å². The van der Waals surface area contributed by atoms with Gasteiger partial charge in [0.2, 0.25) is 0 Å². The third-order valence-corrected chi connectivity index (χ3v) is 4.75. The van der Waals surface area contributed by atoms with Crippen molar-refractivity contribution in [3.05, 3.63) is 71.9 Å². The number of benzene rings is 2. The Morgan fingerprint density at radius 3 is 2.85 bits per heavy atom. The molecule has 5 nitrogen and oxygen atoms in total. The molecule has 0 unspecified atom stereocenters. The molecule has 2 heterocycles. The second-order valence-corrected chi connectivity index (χ2v) is 6.52. The summed E-state index contributed by atoms with van der Waals surface area (Å²) >= 11 is 1.57. The van der Waals surface area contributed by atoms with E-state index in [9.17, 15) is 4.79 Å². The zero-order valence-corrected chi connectivity index (χ0v) is 15.0. The lowest BCUT2D eigenvalue weighted by Gasteiger charge is -2.12. The van der Waals surface area contributed by atoms with Crippen LogP contribution in [0.2, 0.25) is 0 Å². The number of anilines is 1. The number of hydrogen-bond acceptors (Lipinski definition) is 4. The Morgan fingerprint density at radius 1 is 1.19 bits per heavy atom. The molecule has 0 aliphatic rings. The normalized spacial score (nSPS) is 10.8. The average molecular weight is 363 g/mol. The lowest BCUT2D eigenvalue weighted by molar-refractivity contribution is 0.102. The molecule has 26 heavy (non-hydrogen) atoms. The first-order valence-corrected chi connectivity index (χ1v) is 9.19. The number of fused-ring (bicyclic) bond motifs is 1. The lowest BCUT2D eigenvalue weighted by atomic mass is 10.1. The highest BCUT2D eigenvalue weighted by molar-refractivity contribution is 7.15. The van der Waals surface area contributed by atoms with E-state index in [0.717, 1.165) is 21.9 Å². The number of imidazole rings is 1. The molecule has 2 aromatic carbocycles. The summed E-state index contributed by atoms with van der Waals surface area (Å²) in [5.41, 5.74) is 2.93. The van der Waals surface area contributed by atoms with Gasteiger partial charge in [-0.05, 0) is 25.1 Å².